The van der Waals surface area contributed by atoms with Crippen molar-refractivity contribution in [2.45, 2.75) is 12.3 Å². The Labute approximate surface area is 189 Å². The fraction of sp³-hybridized carbons (Fsp3) is 0.0870. The summed E-state index contributed by atoms with van der Waals surface area (Å²) in [5.41, 5.74) is 1.13. The summed E-state index contributed by atoms with van der Waals surface area (Å²) >= 11 is 11.9. The number of carboxylic acids is 1. The van der Waals surface area contributed by atoms with Gasteiger partial charge >= 0.3 is 5.97 Å². The zero-order valence-corrected chi connectivity index (χ0v) is 17.9. The van der Waals surface area contributed by atoms with Crippen LogP contribution in [0.2, 0.25) is 10.0 Å². The van der Waals surface area contributed by atoms with E-state index in [2.05, 4.69) is 0 Å². The monoisotopic (exact) mass is 462 g/mol. The number of benzene rings is 3. The maximum Gasteiger partial charge on any atom is 0.311 e. The van der Waals surface area contributed by atoms with Gasteiger partial charge in [-0.05, 0) is 48.0 Å². The normalized spacial score (nSPS) is 11.3. The van der Waals surface area contributed by atoms with Crippen LogP contribution in [-0.2, 0) is 4.79 Å². The fourth-order valence-electron chi connectivity index (χ4n) is 3.03. The van der Waals surface area contributed by atoms with Crippen molar-refractivity contribution in [3.05, 3.63) is 105 Å². The lowest BCUT2D eigenvalue weighted by molar-refractivity contribution is -0.138. The highest BCUT2D eigenvalue weighted by Crippen LogP contribution is 2.26. The number of halogens is 3. The molecule has 0 saturated carbocycles. The topological polar surface area (TPSA) is 71.4 Å². The largest absolute Gasteiger partial charge is 0.481 e. The van der Waals surface area contributed by atoms with Gasteiger partial charge in [-0.25, -0.2) is 0 Å². The molecule has 0 aliphatic carbocycles. The number of rotatable bonds is 7. The molecule has 0 spiro atoms. The smallest absolute Gasteiger partial charge is 0.311 e. The van der Waals surface area contributed by atoms with Gasteiger partial charge < -0.3 is 5.11 Å². The second-order valence-electron chi connectivity index (χ2n) is 6.45. The molecule has 0 heterocycles. The molecule has 0 aromatic heterocycles. The number of Topliss-reactive ketones (excluding diaryl/α,β-unsaturated/α-hetero) is 1. The second-order valence-corrected chi connectivity index (χ2v) is 7.33. The first-order valence-electron chi connectivity index (χ1n) is 8.77. The summed E-state index contributed by atoms with van der Waals surface area (Å²) in [6.07, 6.45) is -0.276. The lowest BCUT2D eigenvalue weighted by Crippen LogP contribution is -2.18. The molecule has 0 radical (unpaired) electrons. The zero-order chi connectivity index (χ0) is 21.0. The highest BCUT2D eigenvalue weighted by Gasteiger charge is 2.26. The van der Waals surface area contributed by atoms with Crippen molar-refractivity contribution in [2.24, 2.45) is 0 Å². The van der Waals surface area contributed by atoms with Crippen molar-refractivity contribution in [3.63, 3.8) is 0 Å². The standard InChI is InChI=1S/C23H16Cl2O4.ClH/c24-16-8-6-15(7-9-16)22(27)20-12-17(25)10-11-18(20)21(26)13-19(23(28)29)14-4-2-1-3-5-14;/h1-12,19H,13H2,(H,28,29);1H. The molecule has 4 nitrogen and oxygen atoms in total. The molecule has 0 fully saturated rings. The molecule has 1 atom stereocenters. The molecule has 3 rings (SSSR count). The molecule has 1 N–H and O–H groups in total. The van der Waals surface area contributed by atoms with Crippen LogP contribution in [0.3, 0.4) is 0 Å². The van der Waals surface area contributed by atoms with Gasteiger partial charge in [0, 0.05) is 33.2 Å². The third kappa shape index (κ3) is 5.48. The third-order valence-corrected chi connectivity index (χ3v) is 5.01. The van der Waals surface area contributed by atoms with E-state index in [0.717, 1.165) is 0 Å². The second kappa shape index (κ2) is 10.4. The van der Waals surface area contributed by atoms with E-state index in [1.54, 1.807) is 54.6 Å². The lowest BCUT2D eigenvalue weighted by atomic mass is 9.88. The van der Waals surface area contributed by atoms with Gasteiger partial charge in [0.15, 0.2) is 11.6 Å². The molecular weight excluding hydrogens is 447 g/mol. The van der Waals surface area contributed by atoms with Gasteiger partial charge in [0.1, 0.15) is 0 Å². The van der Waals surface area contributed by atoms with Crippen molar-refractivity contribution in [1.29, 1.82) is 0 Å². The molecular formula is C23H17Cl3O4. The number of aliphatic carboxylic acids is 1. The van der Waals surface area contributed by atoms with Crippen molar-refractivity contribution >= 4 is 53.1 Å². The Morgan fingerprint density at radius 1 is 0.800 bits per heavy atom. The quantitative estimate of drug-likeness (QED) is 0.431. The Kier molecular flexibility index (Phi) is 8.18. The van der Waals surface area contributed by atoms with Gasteiger partial charge in [0.05, 0.1) is 5.92 Å². The highest BCUT2D eigenvalue weighted by atomic mass is 35.5. The molecule has 0 amide bonds. The minimum Gasteiger partial charge on any atom is -0.481 e. The first-order chi connectivity index (χ1) is 13.9. The third-order valence-electron chi connectivity index (χ3n) is 4.52. The Bertz CT molecular complexity index is 1060. The summed E-state index contributed by atoms with van der Waals surface area (Å²) in [6.45, 7) is 0. The van der Waals surface area contributed by atoms with E-state index in [4.69, 9.17) is 23.2 Å². The molecule has 7 heteroatoms. The average Bonchev–Trinajstić information content (AvgIpc) is 2.72. The molecule has 0 saturated heterocycles. The van der Waals surface area contributed by atoms with Crippen molar-refractivity contribution < 1.29 is 19.5 Å². The van der Waals surface area contributed by atoms with Crippen LogP contribution in [-0.4, -0.2) is 22.6 Å². The van der Waals surface area contributed by atoms with Crippen LogP contribution < -0.4 is 0 Å². The van der Waals surface area contributed by atoms with E-state index in [1.807, 2.05) is 0 Å². The van der Waals surface area contributed by atoms with Crippen LogP contribution in [0.15, 0.2) is 72.8 Å². The Morgan fingerprint density at radius 2 is 1.40 bits per heavy atom. The molecule has 0 aliphatic heterocycles. The van der Waals surface area contributed by atoms with Crippen LogP contribution in [0.25, 0.3) is 0 Å². The van der Waals surface area contributed by atoms with Gasteiger partial charge in [-0.15, -0.1) is 12.4 Å². The lowest BCUT2D eigenvalue weighted by Gasteiger charge is -2.14. The Hall–Kier alpha value is -2.66. The van der Waals surface area contributed by atoms with E-state index in [-0.39, 0.29) is 35.7 Å². The van der Waals surface area contributed by atoms with E-state index in [1.165, 1.54) is 18.2 Å². The maximum absolute atomic E-state index is 13.0. The molecule has 154 valence electrons. The van der Waals surface area contributed by atoms with Gasteiger partial charge in [-0.2, -0.15) is 0 Å². The fourth-order valence-corrected chi connectivity index (χ4v) is 3.33. The van der Waals surface area contributed by atoms with Crippen molar-refractivity contribution in [1.82, 2.24) is 0 Å². The first-order valence-corrected chi connectivity index (χ1v) is 9.53. The number of hydrogen-bond acceptors (Lipinski definition) is 3. The van der Waals surface area contributed by atoms with Gasteiger partial charge in [0.2, 0.25) is 0 Å². The number of carboxylic acid groups (broad SMARTS) is 1. The highest BCUT2D eigenvalue weighted by molar-refractivity contribution is 6.32. The SMILES string of the molecule is Cl.O=C(CC(C(=O)O)c1ccccc1)c1ccc(Cl)cc1C(=O)c1ccc(Cl)cc1. The molecule has 3 aromatic carbocycles. The summed E-state index contributed by atoms with van der Waals surface area (Å²) in [7, 11) is 0. The number of hydrogen-bond donors (Lipinski definition) is 1. The molecule has 3 aromatic rings. The summed E-state index contributed by atoms with van der Waals surface area (Å²) < 4.78 is 0. The number of ketones is 2. The zero-order valence-electron chi connectivity index (χ0n) is 15.5. The summed E-state index contributed by atoms with van der Waals surface area (Å²) in [6, 6.07) is 19.2. The first kappa shape index (κ1) is 23.6. The van der Waals surface area contributed by atoms with Gasteiger partial charge in [-0.1, -0.05) is 53.5 Å². The van der Waals surface area contributed by atoms with Crippen LogP contribution in [0.1, 0.15) is 44.2 Å². The van der Waals surface area contributed by atoms with E-state index >= 15 is 0 Å². The van der Waals surface area contributed by atoms with E-state index in [9.17, 15) is 19.5 Å². The van der Waals surface area contributed by atoms with Gasteiger partial charge in [0.25, 0.3) is 0 Å². The van der Waals surface area contributed by atoms with Crippen molar-refractivity contribution in [2.75, 3.05) is 0 Å². The minimum absolute atomic E-state index is 0. The van der Waals surface area contributed by atoms with E-state index in [0.29, 0.717) is 21.2 Å². The molecule has 0 aliphatic rings. The van der Waals surface area contributed by atoms with Crippen LogP contribution in [0.4, 0.5) is 0 Å². The predicted molar refractivity (Wildman–Crippen MR) is 119 cm³/mol. The summed E-state index contributed by atoms with van der Waals surface area (Å²) in [5.74, 6) is -2.96. The van der Waals surface area contributed by atoms with Crippen LogP contribution in [0, 0.1) is 0 Å². The Morgan fingerprint density at radius 3 is 2.00 bits per heavy atom. The van der Waals surface area contributed by atoms with Crippen molar-refractivity contribution in [3.8, 4) is 0 Å². The summed E-state index contributed by atoms with van der Waals surface area (Å²) in [4.78, 5) is 37.7. The summed E-state index contributed by atoms with van der Waals surface area (Å²) in [5, 5.41) is 10.4. The predicted octanol–water partition coefficient (Wildman–Crippen LogP) is 6.09. The minimum atomic E-state index is -1.11. The maximum atomic E-state index is 13.0. The Balaban J connectivity index is 0.00000320. The molecule has 1 unspecified atom stereocenters. The van der Waals surface area contributed by atoms with Crippen LogP contribution in [0.5, 0.6) is 0 Å². The van der Waals surface area contributed by atoms with E-state index < -0.39 is 17.7 Å². The number of carbonyl (C=O) groups is 3. The van der Waals surface area contributed by atoms with Gasteiger partial charge in [-0.3, -0.25) is 14.4 Å². The molecule has 0 bridgehead atoms. The van der Waals surface area contributed by atoms with Crippen LogP contribution >= 0.6 is 35.6 Å². The number of carbonyl (C=O) groups excluding carboxylic acids is 2. The average molecular weight is 464 g/mol. The molecule has 30 heavy (non-hydrogen) atoms.